The number of hydrogen-bond acceptors (Lipinski definition) is 5. The molecule has 0 radical (unpaired) electrons. The normalized spacial score (nSPS) is 11.7. The standard InChI is InChI=1S/C20H14F3N5/c1-11-3-2-8-25-17(11)16-9-14-15(10-26-16)19(24)28-27-18(14)12-4-6-13(7-5-12)20(21,22)23/h2-10H,1H3,(H2,24,28). The Morgan fingerprint density at radius 1 is 0.893 bits per heavy atom. The Labute approximate surface area is 158 Å². The smallest absolute Gasteiger partial charge is 0.382 e. The molecule has 0 aliphatic carbocycles. The number of alkyl halides is 3. The van der Waals surface area contributed by atoms with Gasteiger partial charge in [-0.25, -0.2) is 0 Å². The number of fused-ring (bicyclic) bond motifs is 1. The molecule has 0 atom stereocenters. The van der Waals surface area contributed by atoms with E-state index in [0.717, 1.165) is 17.7 Å². The molecule has 3 heterocycles. The molecule has 0 fully saturated rings. The van der Waals surface area contributed by atoms with E-state index in [1.54, 1.807) is 18.5 Å². The molecule has 8 heteroatoms. The monoisotopic (exact) mass is 381 g/mol. The van der Waals surface area contributed by atoms with Crippen molar-refractivity contribution < 1.29 is 13.2 Å². The topological polar surface area (TPSA) is 77.6 Å². The SMILES string of the molecule is Cc1cccnc1-c1cc2c(-c3ccc(C(F)(F)F)cc3)nnc(N)c2cn1. The van der Waals surface area contributed by atoms with Crippen molar-refractivity contribution in [2.24, 2.45) is 0 Å². The van der Waals surface area contributed by atoms with Crippen LogP contribution in [0.25, 0.3) is 33.4 Å². The van der Waals surface area contributed by atoms with Crippen LogP contribution in [-0.4, -0.2) is 20.2 Å². The summed E-state index contributed by atoms with van der Waals surface area (Å²) in [6, 6.07) is 10.3. The van der Waals surface area contributed by atoms with Crippen LogP contribution in [0.1, 0.15) is 11.1 Å². The number of hydrogen-bond donors (Lipinski definition) is 1. The van der Waals surface area contributed by atoms with Crippen LogP contribution < -0.4 is 5.73 Å². The third-order valence-electron chi connectivity index (χ3n) is 4.43. The predicted molar refractivity (Wildman–Crippen MR) is 100 cm³/mol. The Balaban J connectivity index is 1.90. The van der Waals surface area contributed by atoms with Gasteiger partial charge in [-0.3, -0.25) is 9.97 Å². The minimum Gasteiger partial charge on any atom is -0.382 e. The number of aryl methyl sites for hydroxylation is 1. The molecule has 0 bridgehead atoms. The van der Waals surface area contributed by atoms with Crippen LogP contribution >= 0.6 is 0 Å². The number of nitrogens with two attached hydrogens (primary N) is 1. The van der Waals surface area contributed by atoms with E-state index in [9.17, 15) is 13.2 Å². The second kappa shape index (κ2) is 6.56. The lowest BCUT2D eigenvalue weighted by atomic mass is 10.0. The van der Waals surface area contributed by atoms with Gasteiger partial charge in [0, 0.05) is 28.7 Å². The zero-order valence-electron chi connectivity index (χ0n) is 14.7. The van der Waals surface area contributed by atoms with Crippen LogP contribution in [0, 0.1) is 6.92 Å². The molecular weight excluding hydrogens is 367 g/mol. The maximum atomic E-state index is 12.8. The van der Waals surface area contributed by atoms with E-state index >= 15 is 0 Å². The van der Waals surface area contributed by atoms with E-state index in [2.05, 4.69) is 20.2 Å². The van der Waals surface area contributed by atoms with E-state index in [0.29, 0.717) is 33.4 Å². The average molecular weight is 381 g/mol. The van der Waals surface area contributed by atoms with Gasteiger partial charge in [0.2, 0.25) is 0 Å². The summed E-state index contributed by atoms with van der Waals surface area (Å²) >= 11 is 0. The number of pyridine rings is 2. The summed E-state index contributed by atoms with van der Waals surface area (Å²) < 4.78 is 38.5. The van der Waals surface area contributed by atoms with Crippen LogP contribution in [0.5, 0.6) is 0 Å². The lowest BCUT2D eigenvalue weighted by molar-refractivity contribution is -0.137. The molecule has 1 aromatic carbocycles. The lowest BCUT2D eigenvalue weighted by Crippen LogP contribution is -2.04. The molecule has 0 saturated heterocycles. The zero-order chi connectivity index (χ0) is 19.9. The number of nitrogens with zero attached hydrogens (tertiary/aromatic N) is 4. The molecule has 28 heavy (non-hydrogen) atoms. The van der Waals surface area contributed by atoms with Gasteiger partial charge in [0.25, 0.3) is 0 Å². The highest BCUT2D eigenvalue weighted by Crippen LogP contribution is 2.34. The van der Waals surface area contributed by atoms with E-state index in [-0.39, 0.29) is 5.82 Å². The zero-order valence-corrected chi connectivity index (χ0v) is 14.7. The van der Waals surface area contributed by atoms with Crippen LogP contribution in [0.3, 0.4) is 0 Å². The Morgan fingerprint density at radius 3 is 2.32 bits per heavy atom. The summed E-state index contributed by atoms with van der Waals surface area (Å²) in [5.41, 5.74) is 8.39. The minimum atomic E-state index is -4.40. The fourth-order valence-corrected chi connectivity index (χ4v) is 2.98. The fourth-order valence-electron chi connectivity index (χ4n) is 2.98. The van der Waals surface area contributed by atoms with Crippen LogP contribution in [0.4, 0.5) is 19.0 Å². The summed E-state index contributed by atoms with van der Waals surface area (Å²) in [6.45, 7) is 1.92. The quantitative estimate of drug-likeness (QED) is 0.546. The summed E-state index contributed by atoms with van der Waals surface area (Å²) in [5, 5.41) is 9.26. The Kier molecular flexibility index (Phi) is 4.18. The predicted octanol–water partition coefficient (Wildman–Crippen LogP) is 4.66. The third kappa shape index (κ3) is 3.13. The van der Waals surface area contributed by atoms with Gasteiger partial charge in [-0.2, -0.15) is 13.2 Å². The molecule has 140 valence electrons. The number of nitrogen functional groups attached to an aromatic ring is 1. The van der Waals surface area contributed by atoms with Crippen molar-refractivity contribution in [3.05, 3.63) is 66.0 Å². The molecular formula is C20H14F3N5. The molecule has 0 spiro atoms. The number of rotatable bonds is 2. The second-order valence-electron chi connectivity index (χ2n) is 6.29. The summed E-state index contributed by atoms with van der Waals surface area (Å²) in [4.78, 5) is 8.78. The van der Waals surface area contributed by atoms with Crippen molar-refractivity contribution in [1.82, 2.24) is 20.2 Å². The first-order valence-corrected chi connectivity index (χ1v) is 8.36. The van der Waals surface area contributed by atoms with Crippen LogP contribution in [0.15, 0.2) is 54.9 Å². The van der Waals surface area contributed by atoms with Crippen molar-refractivity contribution in [1.29, 1.82) is 0 Å². The molecule has 0 aliphatic heterocycles. The molecule has 0 unspecified atom stereocenters. The molecule has 0 aliphatic rings. The first-order chi connectivity index (χ1) is 13.3. The molecule has 0 amide bonds. The van der Waals surface area contributed by atoms with Gasteiger partial charge in [-0.1, -0.05) is 18.2 Å². The second-order valence-corrected chi connectivity index (χ2v) is 6.29. The third-order valence-corrected chi connectivity index (χ3v) is 4.43. The molecule has 0 saturated carbocycles. The Hall–Kier alpha value is -3.55. The Morgan fingerprint density at radius 2 is 1.64 bits per heavy atom. The van der Waals surface area contributed by atoms with E-state index < -0.39 is 11.7 Å². The Bertz CT molecular complexity index is 1170. The first-order valence-electron chi connectivity index (χ1n) is 8.36. The van der Waals surface area contributed by atoms with Crippen LogP contribution in [0.2, 0.25) is 0 Å². The van der Waals surface area contributed by atoms with Gasteiger partial charge in [-0.05, 0) is 36.8 Å². The van der Waals surface area contributed by atoms with Crippen molar-refractivity contribution in [2.75, 3.05) is 5.73 Å². The van der Waals surface area contributed by atoms with Crippen molar-refractivity contribution in [3.63, 3.8) is 0 Å². The van der Waals surface area contributed by atoms with Crippen molar-refractivity contribution in [3.8, 4) is 22.6 Å². The van der Waals surface area contributed by atoms with Gasteiger partial charge in [-0.15, -0.1) is 10.2 Å². The highest BCUT2D eigenvalue weighted by Gasteiger charge is 2.30. The molecule has 5 nitrogen and oxygen atoms in total. The van der Waals surface area contributed by atoms with Gasteiger partial charge in [0.05, 0.1) is 17.0 Å². The van der Waals surface area contributed by atoms with Crippen LogP contribution in [-0.2, 0) is 6.18 Å². The van der Waals surface area contributed by atoms with Gasteiger partial charge in [0.1, 0.15) is 5.69 Å². The van der Waals surface area contributed by atoms with E-state index in [4.69, 9.17) is 5.73 Å². The van der Waals surface area contributed by atoms with Gasteiger partial charge in [0.15, 0.2) is 5.82 Å². The van der Waals surface area contributed by atoms with Gasteiger partial charge >= 0.3 is 6.18 Å². The first kappa shape index (κ1) is 17.8. The average Bonchev–Trinajstić information content (AvgIpc) is 2.68. The number of aromatic nitrogens is 4. The van der Waals surface area contributed by atoms with Crippen molar-refractivity contribution in [2.45, 2.75) is 13.1 Å². The van der Waals surface area contributed by atoms with E-state index in [1.165, 1.54) is 12.1 Å². The number of benzene rings is 1. The molecule has 4 rings (SSSR count). The highest BCUT2D eigenvalue weighted by molar-refractivity contribution is 6.00. The molecule has 4 aromatic rings. The van der Waals surface area contributed by atoms with E-state index in [1.807, 2.05) is 19.1 Å². The summed E-state index contributed by atoms with van der Waals surface area (Å²) in [5.74, 6) is 0.197. The lowest BCUT2D eigenvalue weighted by Gasteiger charge is -2.11. The molecule has 3 aromatic heterocycles. The number of halogens is 3. The minimum absolute atomic E-state index is 0.197. The van der Waals surface area contributed by atoms with Gasteiger partial charge < -0.3 is 5.73 Å². The summed E-state index contributed by atoms with van der Waals surface area (Å²) in [6.07, 6.45) is -1.15. The summed E-state index contributed by atoms with van der Waals surface area (Å²) in [7, 11) is 0. The fraction of sp³-hybridized carbons (Fsp3) is 0.100. The molecule has 2 N–H and O–H groups in total. The highest BCUT2D eigenvalue weighted by atomic mass is 19.4. The van der Waals surface area contributed by atoms with Crippen molar-refractivity contribution >= 4 is 16.6 Å². The maximum absolute atomic E-state index is 12.8. The largest absolute Gasteiger partial charge is 0.416 e. The number of anilines is 1. The maximum Gasteiger partial charge on any atom is 0.416 e.